The maximum Gasteiger partial charge on any atom is 0.488 e. The van der Waals surface area contributed by atoms with E-state index in [9.17, 15) is 41.0 Å². The Morgan fingerprint density at radius 3 is 1.51 bits per heavy atom. The fourth-order valence-electron chi connectivity index (χ4n) is 4.39. The molecular weight excluding hydrogens is 753 g/mol. The molecule has 0 atom stereocenters. The summed E-state index contributed by atoms with van der Waals surface area (Å²) in [6.45, 7) is 3.41. The molecule has 268 valence electrons. The van der Waals surface area contributed by atoms with E-state index in [0.29, 0.717) is 11.0 Å². The summed E-state index contributed by atoms with van der Waals surface area (Å²) in [6.07, 6.45) is -6.64. The highest BCUT2D eigenvalue weighted by Crippen LogP contribution is 2.35. The van der Waals surface area contributed by atoms with Crippen molar-refractivity contribution in [3.8, 4) is 22.6 Å². The Kier molecular flexibility index (Phi) is 12.5. The average molecular weight is 781 g/mol. The standard InChI is InChI=1S/C16H11F3N2O2.C10H6BrF3N2O.C6H7BO3.CH4/c1-9-6-7-21-12(8-9)20-14(16(17,18)19)13(15(21)23)10-2-4-11(22)5-3-10;1-5-2-3-16-6(4-5)15-8(10(12,13)14)7(11)9(16)17;8-6-3-1-5(2-4-6)7(9)10;/h2-8,22H,1H3;2-4H,1H3;1-4,8-10H;1H4. The minimum absolute atomic E-state index is 0. The number of alkyl halides is 6. The number of hydrogen-bond donors (Lipinski definition) is 4. The van der Waals surface area contributed by atoms with E-state index < -0.39 is 52.0 Å². The van der Waals surface area contributed by atoms with Gasteiger partial charge in [0, 0.05) is 12.4 Å². The largest absolute Gasteiger partial charge is 0.508 e. The molecule has 0 spiro atoms. The van der Waals surface area contributed by atoms with E-state index in [2.05, 4.69) is 25.9 Å². The van der Waals surface area contributed by atoms with Crippen molar-refractivity contribution in [3.05, 3.63) is 133 Å². The second kappa shape index (κ2) is 15.8. The van der Waals surface area contributed by atoms with Gasteiger partial charge in [-0.1, -0.05) is 31.7 Å². The number of halogens is 7. The third kappa shape index (κ3) is 9.53. The monoisotopic (exact) mass is 780 g/mol. The summed E-state index contributed by atoms with van der Waals surface area (Å²) >= 11 is 2.64. The Hall–Kier alpha value is -5.20. The van der Waals surface area contributed by atoms with Gasteiger partial charge in [0.1, 0.15) is 27.3 Å². The summed E-state index contributed by atoms with van der Waals surface area (Å²) in [6, 6.07) is 16.7. The van der Waals surface area contributed by atoms with Gasteiger partial charge in [-0.15, -0.1) is 0 Å². The molecule has 0 fully saturated rings. The molecule has 0 unspecified atom stereocenters. The number of pyridine rings is 2. The summed E-state index contributed by atoms with van der Waals surface area (Å²) in [5.41, 5.74) is -2.81. The number of aryl methyl sites for hydroxylation is 2. The number of benzene rings is 2. The number of hydrogen-bond acceptors (Lipinski definition) is 8. The van der Waals surface area contributed by atoms with Crippen LogP contribution in [0.25, 0.3) is 22.4 Å². The summed E-state index contributed by atoms with van der Waals surface area (Å²) in [7, 11) is -1.46. The maximum atomic E-state index is 13.4. The first-order valence-corrected chi connectivity index (χ1v) is 14.9. The summed E-state index contributed by atoms with van der Waals surface area (Å²) in [5, 5.41) is 35.2. The van der Waals surface area contributed by atoms with E-state index in [-0.39, 0.29) is 35.8 Å². The van der Waals surface area contributed by atoms with Crippen molar-refractivity contribution in [2.75, 3.05) is 0 Å². The molecule has 0 amide bonds. The first-order chi connectivity index (χ1) is 23.3. The van der Waals surface area contributed by atoms with Gasteiger partial charge in [0.15, 0.2) is 11.4 Å². The van der Waals surface area contributed by atoms with Crippen molar-refractivity contribution in [2.45, 2.75) is 33.6 Å². The molecule has 2 aromatic carbocycles. The van der Waals surface area contributed by atoms with E-state index in [0.717, 1.165) is 14.4 Å². The molecule has 0 aliphatic heterocycles. The van der Waals surface area contributed by atoms with Gasteiger partial charge in [-0.3, -0.25) is 18.4 Å². The molecule has 51 heavy (non-hydrogen) atoms. The Labute approximate surface area is 293 Å². The number of rotatable bonds is 2. The zero-order chi connectivity index (χ0) is 37.1. The molecular formula is C33H28BBrF6N4O6. The van der Waals surface area contributed by atoms with Crippen LogP contribution in [-0.4, -0.2) is 46.1 Å². The number of aromatic hydroxyl groups is 2. The molecule has 0 saturated heterocycles. The number of aromatic nitrogens is 4. The SMILES string of the molecule is C.Cc1ccn2c(=O)c(-c3ccc(O)cc3)c(C(F)(F)F)nc2c1.Cc1ccn2c(=O)c(Br)c(C(F)(F)F)nc2c1.OB(O)c1ccc(O)cc1. The third-order valence-corrected chi connectivity index (χ3v) is 7.52. The number of phenols is 2. The van der Waals surface area contributed by atoms with E-state index in [1.54, 1.807) is 26.0 Å². The second-order valence-corrected chi connectivity index (χ2v) is 11.4. The van der Waals surface area contributed by atoms with Gasteiger partial charge < -0.3 is 20.3 Å². The van der Waals surface area contributed by atoms with Crippen LogP contribution < -0.4 is 16.6 Å². The van der Waals surface area contributed by atoms with Gasteiger partial charge in [-0.05, 0) is 100 Å². The van der Waals surface area contributed by atoms with Crippen molar-refractivity contribution in [1.82, 2.24) is 18.8 Å². The molecule has 0 aliphatic carbocycles. The van der Waals surface area contributed by atoms with Gasteiger partial charge in [0.2, 0.25) is 0 Å². The van der Waals surface area contributed by atoms with Gasteiger partial charge in [-0.2, -0.15) is 26.3 Å². The van der Waals surface area contributed by atoms with Crippen molar-refractivity contribution in [2.24, 2.45) is 0 Å². The van der Waals surface area contributed by atoms with Crippen LogP contribution >= 0.6 is 15.9 Å². The lowest BCUT2D eigenvalue weighted by Crippen LogP contribution is -2.29. The number of fused-ring (bicyclic) bond motifs is 2. The van der Waals surface area contributed by atoms with Gasteiger partial charge >= 0.3 is 19.5 Å². The first-order valence-electron chi connectivity index (χ1n) is 14.1. The van der Waals surface area contributed by atoms with Crippen LogP contribution in [0.3, 0.4) is 0 Å². The van der Waals surface area contributed by atoms with E-state index in [1.807, 2.05) is 0 Å². The van der Waals surface area contributed by atoms with E-state index in [1.165, 1.54) is 73.1 Å². The van der Waals surface area contributed by atoms with Crippen LogP contribution in [0.5, 0.6) is 11.5 Å². The summed E-state index contributed by atoms with van der Waals surface area (Å²) in [4.78, 5) is 31.3. The lowest BCUT2D eigenvalue weighted by Gasteiger charge is -2.13. The highest BCUT2D eigenvalue weighted by atomic mass is 79.9. The number of phenolic OH excluding ortho intramolecular Hbond substituents is 2. The van der Waals surface area contributed by atoms with Gasteiger partial charge in [0.25, 0.3) is 11.1 Å². The fourth-order valence-corrected chi connectivity index (χ4v) is 4.89. The van der Waals surface area contributed by atoms with Crippen LogP contribution in [0.2, 0.25) is 0 Å². The molecule has 6 aromatic rings. The van der Waals surface area contributed by atoms with Crippen LogP contribution in [0.1, 0.15) is 29.9 Å². The van der Waals surface area contributed by atoms with Crippen molar-refractivity contribution >= 4 is 39.8 Å². The van der Waals surface area contributed by atoms with Crippen LogP contribution in [-0.2, 0) is 12.4 Å². The highest BCUT2D eigenvalue weighted by Gasteiger charge is 2.38. The molecule has 4 heterocycles. The molecule has 4 N–H and O–H groups in total. The predicted octanol–water partition coefficient (Wildman–Crippen LogP) is 5.89. The van der Waals surface area contributed by atoms with Crippen molar-refractivity contribution in [3.63, 3.8) is 0 Å². The molecule has 0 saturated carbocycles. The average Bonchev–Trinajstić information content (AvgIpc) is 3.03. The minimum atomic E-state index is -4.77. The molecule has 6 rings (SSSR count). The number of nitrogens with zero attached hydrogens (tertiary/aromatic N) is 4. The van der Waals surface area contributed by atoms with Crippen molar-refractivity contribution < 1.29 is 46.6 Å². The first kappa shape index (κ1) is 40.2. The summed E-state index contributed by atoms with van der Waals surface area (Å²) < 4.78 is 79.5. The molecule has 10 nitrogen and oxygen atoms in total. The lowest BCUT2D eigenvalue weighted by molar-refractivity contribution is -0.142. The molecule has 0 bridgehead atoms. The van der Waals surface area contributed by atoms with E-state index in [4.69, 9.17) is 15.2 Å². The smallest absolute Gasteiger partial charge is 0.488 e. The Balaban J connectivity index is 0.000000221. The third-order valence-electron chi connectivity index (χ3n) is 6.80. The van der Waals surface area contributed by atoms with Gasteiger partial charge in [0.05, 0.1) is 5.56 Å². The Bertz CT molecular complexity index is 2280. The molecule has 0 aliphatic rings. The van der Waals surface area contributed by atoms with Gasteiger partial charge in [-0.25, -0.2) is 9.97 Å². The summed E-state index contributed by atoms with van der Waals surface area (Å²) in [5.74, 6) is 0.0104. The van der Waals surface area contributed by atoms with Crippen molar-refractivity contribution in [1.29, 1.82) is 0 Å². The highest BCUT2D eigenvalue weighted by molar-refractivity contribution is 9.10. The quantitative estimate of drug-likeness (QED) is 0.126. The topological polar surface area (TPSA) is 150 Å². The molecule has 18 heteroatoms. The second-order valence-electron chi connectivity index (χ2n) is 10.6. The van der Waals surface area contributed by atoms with Crippen LogP contribution in [0.4, 0.5) is 26.3 Å². The van der Waals surface area contributed by atoms with Crippen LogP contribution in [0, 0.1) is 13.8 Å². The Morgan fingerprint density at radius 1 is 0.667 bits per heavy atom. The normalized spacial score (nSPS) is 11.2. The molecule has 4 aromatic heterocycles. The van der Waals surface area contributed by atoms with Crippen LogP contribution in [0.15, 0.2) is 99.3 Å². The van der Waals surface area contributed by atoms with E-state index >= 15 is 0 Å². The zero-order valence-corrected chi connectivity index (χ0v) is 27.3. The molecule has 0 radical (unpaired) electrons. The Morgan fingerprint density at radius 2 is 1.08 bits per heavy atom. The maximum absolute atomic E-state index is 13.4. The minimum Gasteiger partial charge on any atom is -0.508 e. The predicted molar refractivity (Wildman–Crippen MR) is 182 cm³/mol. The zero-order valence-electron chi connectivity index (χ0n) is 25.7. The fraction of sp³-hybridized carbons (Fsp3) is 0.152. The lowest BCUT2D eigenvalue weighted by atomic mass is 9.80.